The first-order valence-electron chi connectivity index (χ1n) is 9.75. The van der Waals surface area contributed by atoms with E-state index < -0.39 is 36.3 Å². The smallest absolute Gasteiger partial charge is 0.417 e. The van der Waals surface area contributed by atoms with Gasteiger partial charge in [-0.1, -0.05) is 30.3 Å². The number of methoxy groups -OCH3 is 1. The number of thioether (sulfide) groups is 1. The zero-order chi connectivity index (χ0) is 22.5. The number of hydrogen-bond donors (Lipinski definition) is 3. The molecule has 3 N–H and O–H groups in total. The first-order chi connectivity index (χ1) is 14.9. The van der Waals surface area contributed by atoms with Gasteiger partial charge >= 0.3 is 6.09 Å². The topological polar surface area (TPSA) is 108 Å². The molecule has 0 aliphatic carbocycles. The summed E-state index contributed by atoms with van der Waals surface area (Å²) >= 11 is 1.50. The summed E-state index contributed by atoms with van der Waals surface area (Å²) in [7, 11) is 1.58. The molecule has 3 rings (SSSR count). The zero-order valence-corrected chi connectivity index (χ0v) is 18.3. The Morgan fingerprint density at radius 2 is 1.94 bits per heavy atom. The molecule has 0 bridgehead atoms. The monoisotopic (exact) mass is 446 g/mol. The number of anilines is 1. The summed E-state index contributed by atoms with van der Waals surface area (Å²) < 4.78 is 10.5. The van der Waals surface area contributed by atoms with Gasteiger partial charge in [0.1, 0.15) is 18.5 Å². The second-order valence-electron chi connectivity index (χ2n) is 7.17. The van der Waals surface area contributed by atoms with Crippen molar-refractivity contribution in [1.82, 2.24) is 4.90 Å². The lowest BCUT2D eigenvalue weighted by Gasteiger charge is -2.30. The SMILES string of the molecule is COc1ccc(N[C@@H](C)[C@H]2[C@H](O)[C@H](O)C(=O)N2C(=O)OCc2ccccc2)c(SC)c1. The van der Waals surface area contributed by atoms with Gasteiger partial charge in [0.25, 0.3) is 5.91 Å². The summed E-state index contributed by atoms with van der Waals surface area (Å²) in [6.45, 7) is 1.70. The van der Waals surface area contributed by atoms with Crippen molar-refractivity contribution in [3.63, 3.8) is 0 Å². The number of aliphatic hydroxyl groups is 2. The molecule has 1 fully saturated rings. The molecule has 2 aromatic carbocycles. The van der Waals surface area contributed by atoms with Crippen molar-refractivity contribution in [2.75, 3.05) is 18.7 Å². The van der Waals surface area contributed by atoms with Crippen LogP contribution in [0.1, 0.15) is 12.5 Å². The second kappa shape index (κ2) is 10.0. The van der Waals surface area contributed by atoms with Crippen LogP contribution in [0.5, 0.6) is 5.75 Å². The van der Waals surface area contributed by atoms with E-state index in [9.17, 15) is 19.8 Å². The maximum Gasteiger partial charge on any atom is 0.417 e. The maximum atomic E-state index is 12.7. The van der Waals surface area contributed by atoms with E-state index in [-0.39, 0.29) is 6.61 Å². The highest BCUT2D eigenvalue weighted by Gasteiger charge is 2.52. The van der Waals surface area contributed by atoms with Gasteiger partial charge in [-0.25, -0.2) is 9.69 Å². The average Bonchev–Trinajstić information content (AvgIpc) is 3.02. The molecule has 2 amide bonds. The van der Waals surface area contributed by atoms with E-state index in [0.29, 0.717) is 5.75 Å². The van der Waals surface area contributed by atoms with Gasteiger partial charge in [-0.05, 0) is 36.9 Å². The lowest BCUT2D eigenvalue weighted by atomic mass is 10.0. The summed E-state index contributed by atoms with van der Waals surface area (Å²) in [4.78, 5) is 26.9. The Morgan fingerprint density at radius 3 is 2.58 bits per heavy atom. The number of amides is 2. The fourth-order valence-corrected chi connectivity index (χ4v) is 4.12. The van der Waals surface area contributed by atoms with Gasteiger partial charge in [0.05, 0.1) is 13.2 Å². The third-order valence-corrected chi connectivity index (χ3v) is 5.95. The van der Waals surface area contributed by atoms with Crippen LogP contribution in [0, 0.1) is 0 Å². The van der Waals surface area contributed by atoms with Gasteiger partial charge < -0.3 is 25.0 Å². The van der Waals surface area contributed by atoms with Crippen LogP contribution in [0.4, 0.5) is 10.5 Å². The molecule has 0 radical (unpaired) electrons. The third kappa shape index (κ3) is 4.95. The molecule has 9 heteroatoms. The van der Waals surface area contributed by atoms with Crippen molar-refractivity contribution in [2.45, 2.75) is 42.7 Å². The van der Waals surface area contributed by atoms with Crippen LogP contribution < -0.4 is 10.1 Å². The Morgan fingerprint density at radius 1 is 1.23 bits per heavy atom. The lowest BCUT2D eigenvalue weighted by molar-refractivity contribution is -0.134. The number of benzene rings is 2. The Hall–Kier alpha value is -2.75. The number of carbonyl (C=O) groups excluding carboxylic acids is 2. The van der Waals surface area contributed by atoms with E-state index in [0.717, 1.165) is 21.0 Å². The fourth-order valence-electron chi connectivity index (χ4n) is 3.54. The van der Waals surface area contributed by atoms with Gasteiger partial charge in [0.2, 0.25) is 0 Å². The van der Waals surface area contributed by atoms with Crippen LogP contribution in [0.25, 0.3) is 0 Å². The van der Waals surface area contributed by atoms with E-state index in [4.69, 9.17) is 9.47 Å². The van der Waals surface area contributed by atoms with Crippen LogP contribution in [-0.2, 0) is 16.1 Å². The number of nitrogens with zero attached hydrogens (tertiary/aromatic N) is 1. The van der Waals surface area contributed by atoms with Gasteiger partial charge in [-0.3, -0.25) is 4.79 Å². The Labute approximate surface area is 185 Å². The standard InChI is InChI=1S/C22H26N2O6S/c1-13(23-16-10-9-15(29-2)11-17(16)31-3)18-19(25)20(26)21(27)24(18)22(28)30-12-14-7-5-4-6-8-14/h4-11,13,18-20,23,25-26H,12H2,1-3H3/t13-,18-,19-,20-/m0/s1. The van der Waals surface area contributed by atoms with Crippen LogP contribution in [0.3, 0.4) is 0 Å². The van der Waals surface area contributed by atoms with Gasteiger partial charge in [0.15, 0.2) is 6.10 Å². The Balaban J connectivity index is 1.78. The van der Waals surface area contributed by atoms with Crippen molar-refractivity contribution in [3.8, 4) is 5.75 Å². The van der Waals surface area contributed by atoms with Crippen molar-refractivity contribution >= 4 is 29.4 Å². The van der Waals surface area contributed by atoms with Crippen molar-refractivity contribution in [2.24, 2.45) is 0 Å². The number of rotatable bonds is 7. The highest BCUT2D eigenvalue weighted by atomic mass is 32.2. The van der Waals surface area contributed by atoms with E-state index in [2.05, 4.69) is 5.32 Å². The number of hydrogen-bond acceptors (Lipinski definition) is 8. The third-order valence-electron chi connectivity index (χ3n) is 5.17. The van der Waals surface area contributed by atoms with Crippen LogP contribution in [0.15, 0.2) is 53.4 Å². The molecule has 1 saturated heterocycles. The molecular weight excluding hydrogens is 420 g/mol. The first kappa shape index (κ1) is 22.9. The number of ether oxygens (including phenoxy) is 2. The summed E-state index contributed by atoms with van der Waals surface area (Å²) in [6.07, 6.45) is -2.15. The van der Waals surface area contributed by atoms with E-state index in [1.165, 1.54) is 11.8 Å². The number of nitrogens with one attached hydrogen (secondary N) is 1. The van der Waals surface area contributed by atoms with Crippen molar-refractivity contribution in [1.29, 1.82) is 0 Å². The molecule has 166 valence electrons. The predicted molar refractivity (Wildman–Crippen MR) is 117 cm³/mol. The lowest BCUT2D eigenvalue weighted by Crippen LogP contribution is -2.50. The van der Waals surface area contributed by atoms with Gasteiger partial charge in [0, 0.05) is 16.6 Å². The van der Waals surface area contributed by atoms with Gasteiger partial charge in [-0.2, -0.15) is 0 Å². The fraction of sp³-hybridized carbons (Fsp3) is 0.364. The molecule has 31 heavy (non-hydrogen) atoms. The van der Waals surface area contributed by atoms with E-state index in [1.807, 2.05) is 36.6 Å². The molecule has 0 unspecified atom stereocenters. The quantitative estimate of drug-likeness (QED) is 0.557. The number of likely N-dealkylation sites (tertiary alicyclic amines) is 1. The van der Waals surface area contributed by atoms with E-state index in [1.54, 1.807) is 32.2 Å². The summed E-state index contributed by atoms with van der Waals surface area (Å²) in [6, 6.07) is 12.9. The zero-order valence-electron chi connectivity index (χ0n) is 17.5. The molecule has 8 nitrogen and oxygen atoms in total. The van der Waals surface area contributed by atoms with Crippen molar-refractivity contribution in [3.05, 3.63) is 54.1 Å². The summed E-state index contributed by atoms with van der Waals surface area (Å²) in [5, 5.41) is 23.9. The molecule has 0 aromatic heterocycles. The summed E-state index contributed by atoms with van der Waals surface area (Å²) in [5.41, 5.74) is 1.51. The number of carbonyl (C=O) groups is 2. The first-order valence-corrected chi connectivity index (χ1v) is 11.0. The minimum atomic E-state index is -1.70. The molecule has 1 heterocycles. The minimum absolute atomic E-state index is 0.0285. The maximum absolute atomic E-state index is 12.7. The minimum Gasteiger partial charge on any atom is -0.497 e. The van der Waals surface area contributed by atoms with Crippen LogP contribution in [0.2, 0.25) is 0 Å². The number of imide groups is 1. The Bertz CT molecular complexity index is 925. The highest BCUT2D eigenvalue weighted by Crippen LogP contribution is 2.32. The normalized spacial score (nSPS) is 21.6. The largest absolute Gasteiger partial charge is 0.497 e. The Kier molecular flexibility index (Phi) is 7.42. The van der Waals surface area contributed by atoms with Crippen molar-refractivity contribution < 1.29 is 29.3 Å². The molecule has 1 aliphatic rings. The molecule has 2 aromatic rings. The number of aliphatic hydroxyl groups excluding tert-OH is 2. The van der Waals surface area contributed by atoms with Gasteiger partial charge in [-0.15, -0.1) is 11.8 Å². The van der Waals surface area contributed by atoms with Crippen LogP contribution in [-0.4, -0.2) is 64.8 Å². The second-order valence-corrected chi connectivity index (χ2v) is 8.02. The molecule has 0 saturated carbocycles. The molecule has 4 atom stereocenters. The molecule has 1 aliphatic heterocycles. The average molecular weight is 447 g/mol. The highest BCUT2D eigenvalue weighted by molar-refractivity contribution is 7.98. The van der Waals surface area contributed by atoms with E-state index >= 15 is 0 Å². The summed E-state index contributed by atoms with van der Waals surface area (Å²) in [5.74, 6) is -0.191. The molecule has 0 spiro atoms. The van der Waals surface area contributed by atoms with Crippen LogP contribution >= 0.6 is 11.8 Å². The predicted octanol–water partition coefficient (Wildman–Crippen LogP) is 2.49. The molecular formula is C22H26N2O6S.